The van der Waals surface area contributed by atoms with E-state index < -0.39 is 6.10 Å². The SMILES string of the molecule is CCNC(=NCC(O)COCC(C)C)NCCC(C)C.I. The molecule has 128 valence electrons. The molecule has 0 aliphatic carbocycles. The highest BCUT2D eigenvalue weighted by Gasteiger charge is 2.05. The second-order valence-electron chi connectivity index (χ2n) is 5.91. The van der Waals surface area contributed by atoms with Crippen LogP contribution >= 0.6 is 24.0 Å². The fourth-order valence-corrected chi connectivity index (χ4v) is 1.51. The molecule has 5 nitrogen and oxygen atoms in total. The van der Waals surface area contributed by atoms with Crippen molar-refractivity contribution in [2.24, 2.45) is 16.8 Å². The van der Waals surface area contributed by atoms with Gasteiger partial charge in [0.1, 0.15) is 0 Å². The fraction of sp³-hybridized carbons (Fsp3) is 0.933. The van der Waals surface area contributed by atoms with Crippen molar-refractivity contribution in [1.82, 2.24) is 10.6 Å². The molecule has 0 radical (unpaired) electrons. The van der Waals surface area contributed by atoms with E-state index in [-0.39, 0.29) is 24.0 Å². The minimum Gasteiger partial charge on any atom is -0.389 e. The number of nitrogens with one attached hydrogen (secondary N) is 2. The van der Waals surface area contributed by atoms with Crippen LogP contribution in [0.3, 0.4) is 0 Å². The van der Waals surface area contributed by atoms with Crippen LogP contribution in [-0.2, 0) is 4.74 Å². The minimum atomic E-state index is -0.547. The van der Waals surface area contributed by atoms with Crippen molar-refractivity contribution in [3.8, 4) is 0 Å². The Morgan fingerprint density at radius 3 is 2.29 bits per heavy atom. The Balaban J connectivity index is 0. The summed E-state index contributed by atoms with van der Waals surface area (Å²) < 4.78 is 5.40. The molecule has 0 fully saturated rings. The maximum Gasteiger partial charge on any atom is 0.191 e. The number of aliphatic hydroxyl groups is 1. The Bertz CT molecular complexity index is 261. The number of hydrogen-bond donors (Lipinski definition) is 3. The van der Waals surface area contributed by atoms with Crippen molar-refractivity contribution in [2.45, 2.75) is 47.1 Å². The summed E-state index contributed by atoms with van der Waals surface area (Å²) in [5, 5.41) is 16.2. The topological polar surface area (TPSA) is 65.9 Å². The first kappa shape index (κ1) is 23.2. The second-order valence-corrected chi connectivity index (χ2v) is 5.91. The van der Waals surface area contributed by atoms with E-state index in [9.17, 15) is 5.11 Å². The Labute approximate surface area is 147 Å². The van der Waals surface area contributed by atoms with Crippen molar-refractivity contribution >= 4 is 29.9 Å². The number of guanidine groups is 1. The summed E-state index contributed by atoms with van der Waals surface area (Å²) in [6.07, 6.45) is 0.555. The third-order valence-corrected chi connectivity index (χ3v) is 2.58. The molecule has 0 rings (SSSR count). The molecule has 0 aliphatic rings. The summed E-state index contributed by atoms with van der Waals surface area (Å²) in [7, 11) is 0. The average molecular weight is 415 g/mol. The molecular weight excluding hydrogens is 381 g/mol. The molecule has 0 saturated heterocycles. The van der Waals surface area contributed by atoms with Gasteiger partial charge in [-0.25, -0.2) is 0 Å². The summed E-state index contributed by atoms with van der Waals surface area (Å²) in [5.41, 5.74) is 0. The minimum absolute atomic E-state index is 0. The maximum atomic E-state index is 9.81. The van der Waals surface area contributed by atoms with E-state index in [0.29, 0.717) is 31.6 Å². The Morgan fingerprint density at radius 2 is 1.76 bits per heavy atom. The maximum absolute atomic E-state index is 9.81. The first-order chi connectivity index (χ1) is 9.45. The molecule has 21 heavy (non-hydrogen) atoms. The Kier molecular flexibility index (Phi) is 16.4. The highest BCUT2D eigenvalue weighted by atomic mass is 127. The highest BCUT2D eigenvalue weighted by molar-refractivity contribution is 14.0. The molecule has 0 heterocycles. The first-order valence-electron chi connectivity index (χ1n) is 7.73. The van der Waals surface area contributed by atoms with Crippen molar-refractivity contribution in [3.63, 3.8) is 0 Å². The predicted octanol–water partition coefficient (Wildman–Crippen LogP) is 2.24. The lowest BCUT2D eigenvalue weighted by Gasteiger charge is -2.14. The third kappa shape index (κ3) is 16.1. The van der Waals surface area contributed by atoms with Gasteiger partial charge >= 0.3 is 0 Å². The van der Waals surface area contributed by atoms with Crippen LogP contribution in [0.5, 0.6) is 0 Å². The lowest BCUT2D eigenvalue weighted by atomic mass is 10.1. The molecule has 0 bridgehead atoms. The number of halogens is 1. The Morgan fingerprint density at radius 1 is 1.10 bits per heavy atom. The number of hydrogen-bond acceptors (Lipinski definition) is 3. The molecule has 0 saturated carbocycles. The molecule has 0 aromatic rings. The van der Waals surface area contributed by atoms with Crippen LogP contribution in [0, 0.1) is 11.8 Å². The van der Waals surface area contributed by atoms with Crippen molar-refractivity contribution in [3.05, 3.63) is 0 Å². The molecule has 1 atom stereocenters. The zero-order valence-electron chi connectivity index (χ0n) is 14.2. The zero-order chi connectivity index (χ0) is 15.4. The third-order valence-electron chi connectivity index (χ3n) is 2.58. The van der Waals surface area contributed by atoms with E-state index in [1.165, 1.54) is 0 Å². The fourth-order valence-electron chi connectivity index (χ4n) is 1.51. The van der Waals surface area contributed by atoms with Crippen LogP contribution in [0.15, 0.2) is 4.99 Å². The van der Waals surface area contributed by atoms with Crippen LogP contribution in [0.4, 0.5) is 0 Å². The van der Waals surface area contributed by atoms with E-state index in [1.807, 2.05) is 6.92 Å². The number of rotatable bonds is 10. The summed E-state index contributed by atoms with van der Waals surface area (Å²) in [6.45, 7) is 13.7. The van der Waals surface area contributed by atoms with Gasteiger partial charge in [0.15, 0.2) is 5.96 Å². The molecule has 0 amide bonds. The zero-order valence-corrected chi connectivity index (χ0v) is 16.5. The average Bonchev–Trinajstić information content (AvgIpc) is 2.35. The van der Waals surface area contributed by atoms with Crippen molar-refractivity contribution in [1.29, 1.82) is 0 Å². The van der Waals surface area contributed by atoms with Gasteiger partial charge in [-0.2, -0.15) is 0 Å². The van der Waals surface area contributed by atoms with Crippen LogP contribution < -0.4 is 10.6 Å². The van der Waals surface area contributed by atoms with Crippen LogP contribution in [-0.4, -0.2) is 50.0 Å². The van der Waals surface area contributed by atoms with Gasteiger partial charge in [-0.05, 0) is 25.2 Å². The molecule has 3 N–H and O–H groups in total. The molecule has 0 aromatic carbocycles. The van der Waals surface area contributed by atoms with Crippen LogP contribution in [0.2, 0.25) is 0 Å². The Hall–Kier alpha value is -0.0800. The van der Waals surface area contributed by atoms with Crippen molar-refractivity contribution in [2.75, 3.05) is 32.8 Å². The lowest BCUT2D eigenvalue weighted by molar-refractivity contribution is 0.0301. The molecule has 1 unspecified atom stereocenters. The first-order valence-corrected chi connectivity index (χ1v) is 7.73. The van der Waals surface area contributed by atoms with E-state index in [0.717, 1.165) is 25.5 Å². The summed E-state index contributed by atoms with van der Waals surface area (Å²) in [6, 6.07) is 0. The molecule has 6 heteroatoms. The van der Waals surface area contributed by atoms with Gasteiger partial charge in [-0.15, -0.1) is 24.0 Å². The smallest absolute Gasteiger partial charge is 0.191 e. The van der Waals surface area contributed by atoms with Crippen molar-refractivity contribution < 1.29 is 9.84 Å². The van der Waals surface area contributed by atoms with E-state index in [2.05, 4.69) is 43.3 Å². The molecule has 0 aliphatic heterocycles. The van der Waals surface area contributed by atoms with Gasteiger partial charge in [0, 0.05) is 19.7 Å². The molecule has 0 spiro atoms. The second kappa shape index (κ2) is 14.8. The number of aliphatic imine (C=N–C) groups is 1. The number of ether oxygens (including phenoxy) is 1. The highest BCUT2D eigenvalue weighted by Crippen LogP contribution is 1.97. The van der Waals surface area contributed by atoms with E-state index >= 15 is 0 Å². The summed E-state index contributed by atoms with van der Waals surface area (Å²) >= 11 is 0. The van der Waals surface area contributed by atoms with Crippen LogP contribution in [0.1, 0.15) is 41.0 Å². The van der Waals surface area contributed by atoms with Gasteiger partial charge in [-0.1, -0.05) is 27.7 Å². The summed E-state index contributed by atoms with van der Waals surface area (Å²) in [5.74, 6) is 1.91. The lowest BCUT2D eigenvalue weighted by Crippen LogP contribution is -2.39. The normalized spacial score (nSPS) is 13.2. The van der Waals surface area contributed by atoms with Crippen LogP contribution in [0.25, 0.3) is 0 Å². The monoisotopic (exact) mass is 415 g/mol. The quantitative estimate of drug-likeness (QED) is 0.291. The largest absolute Gasteiger partial charge is 0.389 e. The molecule has 0 aromatic heterocycles. The van der Waals surface area contributed by atoms with Gasteiger partial charge in [0.2, 0.25) is 0 Å². The number of nitrogens with zero attached hydrogens (tertiary/aromatic N) is 1. The molecular formula is C15H34IN3O2. The standard InChI is InChI=1S/C15H33N3O2.HI/c1-6-16-15(17-8-7-12(2)3)18-9-14(19)11-20-10-13(4)5;/h12-14,19H,6-11H2,1-5H3,(H2,16,17,18);1H. The van der Waals surface area contributed by atoms with E-state index in [4.69, 9.17) is 4.74 Å². The van der Waals surface area contributed by atoms with E-state index in [1.54, 1.807) is 0 Å². The van der Waals surface area contributed by atoms with Gasteiger partial charge in [-0.3, -0.25) is 4.99 Å². The predicted molar refractivity (Wildman–Crippen MR) is 101 cm³/mol. The number of aliphatic hydroxyl groups excluding tert-OH is 1. The summed E-state index contributed by atoms with van der Waals surface area (Å²) in [4.78, 5) is 4.37. The van der Waals surface area contributed by atoms with Gasteiger partial charge < -0.3 is 20.5 Å². The van der Waals surface area contributed by atoms with Gasteiger partial charge in [0.05, 0.1) is 19.3 Å². The van der Waals surface area contributed by atoms with Gasteiger partial charge in [0.25, 0.3) is 0 Å².